The molecule has 2 aromatic carbocycles. The lowest BCUT2D eigenvalue weighted by atomic mass is 10.2. The van der Waals surface area contributed by atoms with E-state index in [0.717, 1.165) is 16.8 Å². The molecule has 0 aromatic heterocycles. The summed E-state index contributed by atoms with van der Waals surface area (Å²) in [4.78, 5) is 26.0. The number of rotatable bonds is 4. The van der Waals surface area contributed by atoms with E-state index in [9.17, 15) is 9.59 Å². The molecular weight excluding hydrogens is 300 g/mol. The van der Waals surface area contributed by atoms with Gasteiger partial charge in [0, 0.05) is 24.7 Å². The molecule has 0 bridgehead atoms. The van der Waals surface area contributed by atoms with Gasteiger partial charge in [0.2, 0.25) is 11.8 Å². The Morgan fingerprint density at radius 2 is 1.83 bits per heavy atom. The Kier molecular flexibility index (Phi) is 4.75. The second kappa shape index (κ2) is 7.13. The minimum atomic E-state index is -0.178. The van der Waals surface area contributed by atoms with E-state index in [4.69, 9.17) is 0 Å². The van der Waals surface area contributed by atoms with E-state index in [-0.39, 0.29) is 17.9 Å². The highest BCUT2D eigenvalue weighted by molar-refractivity contribution is 5.98. The summed E-state index contributed by atoms with van der Waals surface area (Å²) in [6.07, 6.45) is 3.61. The molecular formula is C20H20N2O2. The number of benzene rings is 2. The average molecular weight is 320 g/mol. The van der Waals surface area contributed by atoms with Crippen molar-refractivity contribution in [3.8, 4) is 0 Å². The van der Waals surface area contributed by atoms with Gasteiger partial charge in [0.25, 0.3) is 0 Å². The minimum Gasteiger partial charge on any atom is -0.347 e. The summed E-state index contributed by atoms with van der Waals surface area (Å²) in [6.45, 7) is 2.52. The van der Waals surface area contributed by atoms with Crippen LogP contribution in [0.1, 0.15) is 17.5 Å². The summed E-state index contributed by atoms with van der Waals surface area (Å²) in [5, 5.41) is 2.90. The first-order valence-corrected chi connectivity index (χ1v) is 8.02. The van der Waals surface area contributed by atoms with Gasteiger partial charge in [0.15, 0.2) is 0 Å². The zero-order valence-electron chi connectivity index (χ0n) is 13.6. The normalized spacial score (nSPS) is 17.5. The smallest absolute Gasteiger partial charge is 0.244 e. The second-order valence-corrected chi connectivity index (χ2v) is 5.99. The first-order chi connectivity index (χ1) is 11.6. The molecule has 1 N–H and O–H groups in total. The van der Waals surface area contributed by atoms with Crippen molar-refractivity contribution < 1.29 is 9.59 Å². The fourth-order valence-corrected chi connectivity index (χ4v) is 2.76. The molecule has 1 saturated heterocycles. The van der Waals surface area contributed by atoms with Crippen LogP contribution in [0.15, 0.2) is 60.7 Å². The summed E-state index contributed by atoms with van der Waals surface area (Å²) < 4.78 is 0. The molecule has 1 fully saturated rings. The van der Waals surface area contributed by atoms with Gasteiger partial charge in [-0.15, -0.1) is 0 Å². The molecule has 24 heavy (non-hydrogen) atoms. The maximum atomic E-state index is 12.2. The van der Waals surface area contributed by atoms with Gasteiger partial charge >= 0.3 is 0 Å². The van der Waals surface area contributed by atoms with Crippen molar-refractivity contribution in [1.82, 2.24) is 5.32 Å². The molecule has 1 heterocycles. The molecule has 0 aliphatic carbocycles. The van der Waals surface area contributed by atoms with Crippen molar-refractivity contribution in [3.05, 3.63) is 71.8 Å². The number of carbonyl (C=O) groups excluding carboxylic acids is 2. The Labute approximate surface area is 141 Å². The van der Waals surface area contributed by atoms with E-state index in [0.29, 0.717) is 13.0 Å². The number of nitrogens with one attached hydrogen (secondary N) is 1. The summed E-state index contributed by atoms with van der Waals surface area (Å²) in [6, 6.07) is 17.3. The number of hydrogen-bond donors (Lipinski definition) is 1. The van der Waals surface area contributed by atoms with Gasteiger partial charge in [0.05, 0.1) is 6.04 Å². The Hall–Kier alpha value is -2.88. The molecule has 1 atom stereocenters. The molecule has 1 aliphatic rings. The van der Waals surface area contributed by atoms with Crippen LogP contribution in [0.4, 0.5) is 5.69 Å². The average Bonchev–Trinajstić information content (AvgIpc) is 2.95. The third-order valence-electron chi connectivity index (χ3n) is 4.04. The fraction of sp³-hybridized carbons (Fsp3) is 0.200. The van der Waals surface area contributed by atoms with Crippen molar-refractivity contribution in [1.29, 1.82) is 0 Å². The SMILES string of the molecule is Cc1ccc(N2C[C@H](NC(=O)/C=C\c3ccccc3)CC2=O)cc1. The lowest BCUT2D eigenvalue weighted by molar-refractivity contribution is -0.117. The highest BCUT2D eigenvalue weighted by Gasteiger charge is 2.31. The fourth-order valence-electron chi connectivity index (χ4n) is 2.76. The van der Waals surface area contributed by atoms with Crippen molar-refractivity contribution in [2.75, 3.05) is 11.4 Å². The molecule has 4 heteroatoms. The van der Waals surface area contributed by atoms with Crippen molar-refractivity contribution in [2.24, 2.45) is 0 Å². The van der Waals surface area contributed by atoms with Crippen molar-refractivity contribution in [3.63, 3.8) is 0 Å². The molecule has 0 unspecified atom stereocenters. The molecule has 0 saturated carbocycles. The van der Waals surface area contributed by atoms with Crippen LogP contribution in [0.5, 0.6) is 0 Å². The Morgan fingerprint density at radius 3 is 2.54 bits per heavy atom. The number of aryl methyl sites for hydroxylation is 1. The molecule has 0 spiro atoms. The lowest BCUT2D eigenvalue weighted by Gasteiger charge is -2.17. The van der Waals surface area contributed by atoms with E-state index >= 15 is 0 Å². The van der Waals surface area contributed by atoms with Gasteiger partial charge in [0.1, 0.15) is 0 Å². The van der Waals surface area contributed by atoms with Crippen LogP contribution < -0.4 is 10.2 Å². The molecule has 1 aliphatic heterocycles. The predicted molar refractivity (Wildman–Crippen MR) is 95.6 cm³/mol. The number of anilines is 1. The number of carbonyl (C=O) groups is 2. The predicted octanol–water partition coefficient (Wildman–Crippen LogP) is 2.93. The maximum absolute atomic E-state index is 12.2. The standard InChI is InChI=1S/C20H20N2O2/c1-15-7-10-18(11-8-15)22-14-17(13-20(22)24)21-19(23)12-9-16-5-3-2-4-6-16/h2-12,17H,13-14H2,1H3,(H,21,23)/b12-9-/t17-/m1/s1. The summed E-state index contributed by atoms with van der Waals surface area (Å²) in [5.41, 5.74) is 3.00. The van der Waals surface area contributed by atoms with E-state index < -0.39 is 0 Å². The zero-order chi connectivity index (χ0) is 16.9. The van der Waals surface area contributed by atoms with E-state index in [1.54, 1.807) is 11.0 Å². The number of nitrogens with zero attached hydrogens (tertiary/aromatic N) is 1. The molecule has 3 rings (SSSR count). The summed E-state index contributed by atoms with van der Waals surface area (Å²) in [7, 11) is 0. The first-order valence-electron chi connectivity index (χ1n) is 8.02. The largest absolute Gasteiger partial charge is 0.347 e. The van der Waals surface area contributed by atoms with E-state index in [2.05, 4.69) is 5.32 Å². The van der Waals surface area contributed by atoms with Crippen LogP contribution in [0.2, 0.25) is 0 Å². The van der Waals surface area contributed by atoms with Crippen LogP contribution in [0, 0.1) is 6.92 Å². The second-order valence-electron chi connectivity index (χ2n) is 5.99. The molecule has 4 nitrogen and oxygen atoms in total. The number of hydrogen-bond acceptors (Lipinski definition) is 2. The Balaban J connectivity index is 1.59. The van der Waals surface area contributed by atoms with Crippen LogP contribution >= 0.6 is 0 Å². The molecule has 122 valence electrons. The monoisotopic (exact) mass is 320 g/mol. The van der Waals surface area contributed by atoms with Gasteiger partial charge in [-0.1, -0.05) is 48.0 Å². The summed E-state index contributed by atoms with van der Waals surface area (Å²) >= 11 is 0. The maximum Gasteiger partial charge on any atom is 0.244 e. The molecule has 2 aromatic rings. The van der Waals surface area contributed by atoms with Gasteiger partial charge in [-0.3, -0.25) is 9.59 Å². The Bertz CT molecular complexity index is 751. The van der Waals surface area contributed by atoms with Crippen LogP contribution in [-0.2, 0) is 9.59 Å². The quantitative estimate of drug-likeness (QED) is 0.881. The van der Waals surface area contributed by atoms with Crippen molar-refractivity contribution >= 4 is 23.6 Å². The first kappa shape index (κ1) is 16.0. The highest BCUT2D eigenvalue weighted by atomic mass is 16.2. The van der Waals surface area contributed by atoms with Crippen LogP contribution in [0.25, 0.3) is 6.08 Å². The zero-order valence-corrected chi connectivity index (χ0v) is 13.6. The van der Waals surface area contributed by atoms with E-state index in [1.165, 1.54) is 6.08 Å². The third-order valence-corrected chi connectivity index (χ3v) is 4.04. The third kappa shape index (κ3) is 3.90. The minimum absolute atomic E-state index is 0.0381. The van der Waals surface area contributed by atoms with Gasteiger partial charge in [-0.25, -0.2) is 0 Å². The van der Waals surface area contributed by atoms with Crippen LogP contribution in [0.3, 0.4) is 0 Å². The van der Waals surface area contributed by atoms with Crippen LogP contribution in [-0.4, -0.2) is 24.4 Å². The van der Waals surface area contributed by atoms with Gasteiger partial charge in [-0.2, -0.15) is 0 Å². The Morgan fingerprint density at radius 1 is 1.12 bits per heavy atom. The van der Waals surface area contributed by atoms with E-state index in [1.807, 2.05) is 61.5 Å². The highest BCUT2D eigenvalue weighted by Crippen LogP contribution is 2.21. The lowest BCUT2D eigenvalue weighted by Crippen LogP contribution is -2.36. The molecule has 0 radical (unpaired) electrons. The topological polar surface area (TPSA) is 49.4 Å². The van der Waals surface area contributed by atoms with Gasteiger partial charge < -0.3 is 10.2 Å². The number of amides is 2. The summed E-state index contributed by atoms with van der Waals surface area (Å²) in [5.74, 6) is -0.140. The molecule has 2 amide bonds. The van der Waals surface area contributed by atoms with Gasteiger partial charge in [-0.05, 0) is 30.7 Å². The van der Waals surface area contributed by atoms with Crippen molar-refractivity contribution in [2.45, 2.75) is 19.4 Å².